The summed E-state index contributed by atoms with van der Waals surface area (Å²) < 4.78 is 36.0. The topological polar surface area (TPSA) is 34.1 Å². The Labute approximate surface area is 99.6 Å². The first-order valence-corrected chi connectivity index (χ1v) is 6.84. The second kappa shape index (κ2) is 4.30. The lowest BCUT2D eigenvalue weighted by atomic mass is 10.1. The van der Waals surface area contributed by atoms with Gasteiger partial charge in [-0.2, -0.15) is 0 Å². The highest BCUT2D eigenvalue weighted by Gasteiger charge is 2.13. The van der Waals surface area contributed by atoms with Crippen LogP contribution in [-0.2, 0) is 9.84 Å². The molecule has 0 aliphatic rings. The average Bonchev–Trinajstić information content (AvgIpc) is 2.29. The van der Waals surface area contributed by atoms with E-state index in [0.717, 1.165) is 6.26 Å². The molecular weight excluding hydrogens is 239 g/mol. The van der Waals surface area contributed by atoms with Gasteiger partial charge < -0.3 is 0 Å². The van der Waals surface area contributed by atoms with Crippen LogP contribution in [0.2, 0.25) is 0 Å². The summed E-state index contributed by atoms with van der Waals surface area (Å²) in [6.07, 6.45) is 1.14. The monoisotopic (exact) mass is 249 g/mol. The highest BCUT2D eigenvalue weighted by Crippen LogP contribution is 2.26. The molecule has 2 aromatic rings. The molecule has 0 saturated heterocycles. The lowest BCUT2D eigenvalue weighted by Crippen LogP contribution is -1.99. The fourth-order valence-corrected chi connectivity index (χ4v) is 2.45. The fourth-order valence-electron chi connectivity index (χ4n) is 1.57. The Kier molecular flexibility index (Phi) is 2.98. The van der Waals surface area contributed by atoms with E-state index in [1.54, 1.807) is 12.1 Å². The van der Waals surface area contributed by atoms with Crippen LogP contribution in [-0.4, -0.2) is 14.7 Å². The van der Waals surface area contributed by atoms with Gasteiger partial charge in [-0.25, -0.2) is 12.8 Å². The zero-order valence-electron chi connectivity index (χ0n) is 9.14. The Bertz CT molecular complexity index is 631. The molecule has 4 heteroatoms. The van der Waals surface area contributed by atoms with Crippen molar-refractivity contribution in [2.75, 3.05) is 6.26 Å². The molecule has 17 heavy (non-hydrogen) atoms. The summed E-state index contributed by atoms with van der Waals surface area (Å²) in [5.41, 5.74) is 1.10. The molecule has 0 amide bonds. The lowest BCUT2D eigenvalue weighted by Gasteiger charge is -2.07. The molecule has 2 nitrogen and oxygen atoms in total. The molecule has 0 bridgehead atoms. The van der Waals surface area contributed by atoms with Crippen LogP contribution >= 0.6 is 0 Å². The molecule has 0 saturated carbocycles. The minimum atomic E-state index is -3.32. The zero-order chi connectivity index (χ0) is 12.5. The van der Waals surface area contributed by atoms with E-state index >= 15 is 0 Å². The lowest BCUT2D eigenvalue weighted by molar-refractivity contribution is 0.602. The van der Waals surface area contributed by atoms with E-state index < -0.39 is 9.84 Å². The Morgan fingerprint density at radius 1 is 1.12 bits per heavy atom. The SMILES string of the molecule is CS(=O)(=O)c1ccc[c]c1-c1ccc(F)cc1. The Balaban J connectivity index is 2.64. The van der Waals surface area contributed by atoms with Gasteiger partial charge in [-0.15, -0.1) is 0 Å². The minimum absolute atomic E-state index is 0.201. The van der Waals surface area contributed by atoms with Crippen molar-refractivity contribution in [3.05, 3.63) is 54.3 Å². The van der Waals surface area contributed by atoms with Gasteiger partial charge in [0.15, 0.2) is 9.84 Å². The van der Waals surface area contributed by atoms with Gasteiger partial charge >= 0.3 is 0 Å². The van der Waals surface area contributed by atoms with Gasteiger partial charge in [-0.3, -0.25) is 0 Å². The number of sulfone groups is 1. The third-order valence-corrected chi connectivity index (χ3v) is 3.49. The van der Waals surface area contributed by atoms with Crippen LogP contribution in [0.4, 0.5) is 4.39 Å². The van der Waals surface area contributed by atoms with Crippen LogP contribution in [0.5, 0.6) is 0 Å². The third-order valence-electron chi connectivity index (χ3n) is 2.35. The third kappa shape index (κ3) is 2.53. The maximum atomic E-state index is 12.8. The smallest absolute Gasteiger partial charge is 0.176 e. The first kappa shape index (κ1) is 11.8. The highest BCUT2D eigenvalue weighted by atomic mass is 32.2. The van der Waals surface area contributed by atoms with Crippen LogP contribution in [0.3, 0.4) is 0 Å². The molecule has 0 aliphatic heterocycles. The molecule has 0 aliphatic carbocycles. The average molecular weight is 249 g/mol. The standard InChI is InChI=1S/C13H10FO2S/c1-17(15,16)13-5-3-2-4-12(13)10-6-8-11(14)9-7-10/h2-3,5-9H,1H3. The van der Waals surface area contributed by atoms with Gasteiger partial charge in [-0.05, 0) is 29.8 Å². The number of hydrogen-bond acceptors (Lipinski definition) is 2. The predicted molar refractivity (Wildman–Crippen MR) is 63.8 cm³/mol. The van der Waals surface area contributed by atoms with Gasteiger partial charge in [-0.1, -0.05) is 24.3 Å². The van der Waals surface area contributed by atoms with E-state index in [4.69, 9.17) is 0 Å². The Hall–Kier alpha value is -1.68. The number of rotatable bonds is 2. The number of halogens is 1. The van der Waals surface area contributed by atoms with Gasteiger partial charge in [0.2, 0.25) is 0 Å². The van der Waals surface area contributed by atoms with Crippen molar-refractivity contribution < 1.29 is 12.8 Å². The van der Waals surface area contributed by atoms with Crippen LogP contribution in [0.1, 0.15) is 0 Å². The molecule has 0 atom stereocenters. The van der Waals surface area contributed by atoms with Crippen molar-refractivity contribution in [2.24, 2.45) is 0 Å². The van der Waals surface area contributed by atoms with E-state index in [9.17, 15) is 12.8 Å². The van der Waals surface area contributed by atoms with Crippen molar-refractivity contribution in [2.45, 2.75) is 4.90 Å². The Morgan fingerprint density at radius 2 is 1.76 bits per heavy atom. The Morgan fingerprint density at radius 3 is 2.35 bits per heavy atom. The van der Waals surface area contributed by atoms with E-state index in [1.165, 1.54) is 30.3 Å². The summed E-state index contributed by atoms with van der Waals surface area (Å²) in [5.74, 6) is -0.356. The summed E-state index contributed by atoms with van der Waals surface area (Å²) in [7, 11) is -3.32. The van der Waals surface area contributed by atoms with E-state index in [-0.39, 0.29) is 10.7 Å². The fraction of sp³-hybridized carbons (Fsp3) is 0.0769. The van der Waals surface area contributed by atoms with Crippen molar-refractivity contribution in [3.8, 4) is 11.1 Å². The molecule has 0 fully saturated rings. The zero-order valence-corrected chi connectivity index (χ0v) is 9.96. The van der Waals surface area contributed by atoms with E-state index in [0.29, 0.717) is 11.1 Å². The van der Waals surface area contributed by atoms with Gasteiger partial charge in [0.05, 0.1) is 4.90 Å². The maximum Gasteiger partial charge on any atom is 0.176 e. The summed E-state index contributed by atoms with van der Waals surface area (Å²) in [5, 5.41) is 0. The quantitative estimate of drug-likeness (QED) is 0.820. The summed E-state index contributed by atoms with van der Waals surface area (Å²) in [4.78, 5) is 0.201. The van der Waals surface area contributed by atoms with Crippen LogP contribution in [0, 0.1) is 11.9 Å². The molecule has 0 unspecified atom stereocenters. The molecule has 0 N–H and O–H groups in total. The maximum absolute atomic E-state index is 12.8. The van der Waals surface area contributed by atoms with Gasteiger partial charge in [0.1, 0.15) is 5.82 Å². The van der Waals surface area contributed by atoms with E-state index in [2.05, 4.69) is 6.07 Å². The van der Waals surface area contributed by atoms with Crippen molar-refractivity contribution in [1.82, 2.24) is 0 Å². The van der Waals surface area contributed by atoms with Crippen LogP contribution in [0.15, 0.2) is 47.4 Å². The molecule has 87 valence electrons. The molecule has 0 heterocycles. The predicted octanol–water partition coefficient (Wildman–Crippen LogP) is 2.70. The van der Waals surface area contributed by atoms with Crippen molar-refractivity contribution in [3.63, 3.8) is 0 Å². The first-order chi connectivity index (χ1) is 7.98. The first-order valence-electron chi connectivity index (χ1n) is 4.95. The largest absolute Gasteiger partial charge is 0.224 e. The van der Waals surface area contributed by atoms with Crippen LogP contribution in [0.25, 0.3) is 11.1 Å². The van der Waals surface area contributed by atoms with Crippen LogP contribution < -0.4 is 0 Å². The molecular formula is C13H10FO2S. The van der Waals surface area contributed by atoms with Crippen molar-refractivity contribution in [1.29, 1.82) is 0 Å². The summed E-state index contributed by atoms with van der Waals surface area (Å²) in [6.45, 7) is 0. The molecule has 2 aromatic carbocycles. The number of benzene rings is 2. The number of hydrogen-bond donors (Lipinski definition) is 0. The second-order valence-corrected chi connectivity index (χ2v) is 5.67. The minimum Gasteiger partial charge on any atom is -0.224 e. The molecule has 0 spiro atoms. The summed E-state index contributed by atoms with van der Waals surface area (Å²) in [6, 6.07) is 13.3. The second-order valence-electron chi connectivity index (χ2n) is 3.69. The molecule has 2 rings (SSSR count). The van der Waals surface area contributed by atoms with Gasteiger partial charge in [0, 0.05) is 11.8 Å². The molecule has 0 aromatic heterocycles. The highest BCUT2D eigenvalue weighted by molar-refractivity contribution is 7.90. The van der Waals surface area contributed by atoms with E-state index in [1.807, 2.05) is 0 Å². The van der Waals surface area contributed by atoms with Crippen molar-refractivity contribution >= 4 is 9.84 Å². The summed E-state index contributed by atoms with van der Waals surface area (Å²) >= 11 is 0. The normalized spacial score (nSPS) is 11.4. The molecule has 1 radical (unpaired) electrons. The van der Waals surface area contributed by atoms with Gasteiger partial charge in [0.25, 0.3) is 0 Å².